The Bertz CT molecular complexity index is 2000. The van der Waals surface area contributed by atoms with Gasteiger partial charge < -0.3 is 14.3 Å². The number of imide groups is 1. The summed E-state index contributed by atoms with van der Waals surface area (Å²) in [5, 5.41) is 12.0. The Morgan fingerprint density at radius 1 is 0.907 bits per heavy atom. The molecule has 4 aromatic rings. The van der Waals surface area contributed by atoms with E-state index < -0.39 is 26.0 Å². The summed E-state index contributed by atoms with van der Waals surface area (Å²) >= 11 is 0. The fourth-order valence-electron chi connectivity index (χ4n) is 9.12. The number of amides is 2. The van der Waals surface area contributed by atoms with Gasteiger partial charge in [-0.1, -0.05) is 131 Å². The van der Waals surface area contributed by atoms with E-state index in [0.717, 1.165) is 22.3 Å². The third-order valence-electron chi connectivity index (χ3n) is 11.6. The van der Waals surface area contributed by atoms with Gasteiger partial charge in [-0.3, -0.25) is 14.5 Å². The number of phenolic OH excluding ortho intramolecular Hbond substituents is 1. The summed E-state index contributed by atoms with van der Waals surface area (Å²) in [5.74, 6) is -2.28. The fraction of sp³-hybridized carbons (Fsp3) is 0.348. The lowest BCUT2D eigenvalue weighted by molar-refractivity contribution is -0.140. The number of fused-ring (bicyclic) bond motifs is 3. The maximum Gasteiger partial charge on any atom is 0.261 e. The summed E-state index contributed by atoms with van der Waals surface area (Å²) in [7, 11) is -2.92. The molecule has 2 saturated heterocycles. The highest BCUT2D eigenvalue weighted by Gasteiger charge is 2.57. The molecule has 0 radical (unpaired) electrons. The topological polar surface area (TPSA) is 76.1 Å². The van der Waals surface area contributed by atoms with Gasteiger partial charge in [0.1, 0.15) is 0 Å². The highest BCUT2D eigenvalue weighted by Crippen LogP contribution is 2.50. The molecular formula is C46H50FNO5Si. The predicted molar refractivity (Wildman–Crippen MR) is 214 cm³/mol. The number of allylic oxidation sites excluding steroid dienone is 1. The zero-order valence-electron chi connectivity index (χ0n) is 31.6. The molecule has 4 aromatic carbocycles. The number of benzene rings is 4. The molecule has 7 rings (SSSR count). The SMILES string of the molecule is CCCN1C(=O)[C@@H]2[C@@H](CC(CO[Si](c3ccccc3)(c3ccccc3)C(C)(C)C)=C3[C@@H](CC/C(=C/c4ccc(O)c(F)c4)c4ccccc4)OC[C@@H]32)C1=O. The average molecular weight is 744 g/mol. The number of halogens is 1. The average Bonchev–Trinajstić information content (AvgIpc) is 3.70. The number of carbonyl (C=O) groups excluding carboxylic acids is 2. The van der Waals surface area contributed by atoms with Crippen LogP contribution in [0.3, 0.4) is 0 Å². The summed E-state index contributed by atoms with van der Waals surface area (Å²) in [6.45, 7) is 9.91. The molecule has 6 nitrogen and oxygen atoms in total. The van der Waals surface area contributed by atoms with E-state index >= 15 is 0 Å². The smallest absolute Gasteiger partial charge is 0.261 e. The van der Waals surface area contributed by atoms with E-state index in [-0.39, 0.29) is 34.6 Å². The number of likely N-dealkylation sites (tertiary alicyclic amines) is 1. The van der Waals surface area contributed by atoms with Crippen molar-refractivity contribution >= 4 is 42.2 Å². The van der Waals surface area contributed by atoms with Crippen LogP contribution in [0.15, 0.2) is 120 Å². The van der Waals surface area contributed by atoms with E-state index in [2.05, 4.69) is 69.3 Å². The normalized spacial score (nSPS) is 21.8. The van der Waals surface area contributed by atoms with Gasteiger partial charge >= 0.3 is 0 Å². The minimum absolute atomic E-state index is 0.0762. The maximum atomic E-state index is 14.4. The number of nitrogens with zero attached hydrogens (tertiary/aromatic N) is 1. The van der Waals surface area contributed by atoms with E-state index in [1.807, 2.05) is 55.5 Å². The molecule has 2 heterocycles. The third kappa shape index (κ3) is 7.03. The van der Waals surface area contributed by atoms with Crippen LogP contribution in [0.4, 0.5) is 4.39 Å². The van der Waals surface area contributed by atoms with Crippen LogP contribution in [0.25, 0.3) is 11.6 Å². The van der Waals surface area contributed by atoms with Crippen LogP contribution in [0.2, 0.25) is 5.04 Å². The second-order valence-corrected chi connectivity index (χ2v) is 20.2. The van der Waals surface area contributed by atoms with Gasteiger partial charge in [0.15, 0.2) is 11.6 Å². The van der Waals surface area contributed by atoms with Crippen LogP contribution in [0.5, 0.6) is 5.75 Å². The monoisotopic (exact) mass is 743 g/mol. The van der Waals surface area contributed by atoms with E-state index in [1.165, 1.54) is 27.4 Å². The number of aromatic hydroxyl groups is 1. The van der Waals surface area contributed by atoms with Gasteiger partial charge in [-0.2, -0.15) is 0 Å². The van der Waals surface area contributed by atoms with Gasteiger partial charge in [0, 0.05) is 12.5 Å². The first-order valence-electron chi connectivity index (χ1n) is 19.2. The summed E-state index contributed by atoms with van der Waals surface area (Å²) in [6, 6.07) is 35.6. The molecule has 0 spiro atoms. The largest absolute Gasteiger partial charge is 0.505 e. The van der Waals surface area contributed by atoms with Crippen molar-refractivity contribution in [2.75, 3.05) is 19.8 Å². The molecule has 0 bridgehead atoms. The van der Waals surface area contributed by atoms with Crippen LogP contribution in [0.1, 0.15) is 64.5 Å². The van der Waals surface area contributed by atoms with E-state index in [0.29, 0.717) is 51.0 Å². The van der Waals surface area contributed by atoms with Crippen molar-refractivity contribution in [1.82, 2.24) is 4.90 Å². The first-order valence-corrected chi connectivity index (χ1v) is 21.1. The molecule has 0 aromatic heterocycles. The van der Waals surface area contributed by atoms with E-state index in [1.54, 1.807) is 6.07 Å². The molecular weight excluding hydrogens is 694 g/mol. The Balaban J connectivity index is 1.28. The quantitative estimate of drug-likeness (QED) is 0.0687. The van der Waals surface area contributed by atoms with Crippen molar-refractivity contribution < 1.29 is 28.2 Å². The molecule has 54 heavy (non-hydrogen) atoms. The number of hydrogen-bond acceptors (Lipinski definition) is 5. The Morgan fingerprint density at radius 2 is 1.54 bits per heavy atom. The summed E-state index contributed by atoms with van der Waals surface area (Å²) in [4.78, 5) is 29.4. The molecule has 2 fully saturated rings. The van der Waals surface area contributed by atoms with Crippen LogP contribution < -0.4 is 10.4 Å². The third-order valence-corrected chi connectivity index (χ3v) is 16.5. The Hall–Kier alpha value is -4.63. The minimum Gasteiger partial charge on any atom is -0.505 e. The number of rotatable bonds is 12. The van der Waals surface area contributed by atoms with Crippen LogP contribution in [-0.4, -0.2) is 56.0 Å². The van der Waals surface area contributed by atoms with Crippen molar-refractivity contribution in [3.8, 4) is 5.75 Å². The fourth-order valence-corrected chi connectivity index (χ4v) is 13.7. The summed E-state index contributed by atoms with van der Waals surface area (Å²) in [6.07, 6.45) is 4.12. The molecule has 3 aliphatic rings. The van der Waals surface area contributed by atoms with Crippen LogP contribution in [0, 0.1) is 23.6 Å². The Kier molecular flexibility index (Phi) is 10.9. The van der Waals surface area contributed by atoms with Crippen molar-refractivity contribution in [3.05, 3.63) is 137 Å². The van der Waals surface area contributed by atoms with Gasteiger partial charge in [-0.15, -0.1) is 0 Å². The second kappa shape index (κ2) is 15.6. The van der Waals surface area contributed by atoms with Gasteiger partial charge in [-0.25, -0.2) is 4.39 Å². The Labute approximate surface area is 319 Å². The van der Waals surface area contributed by atoms with Crippen LogP contribution >= 0.6 is 0 Å². The first-order chi connectivity index (χ1) is 26.0. The van der Waals surface area contributed by atoms with Crippen molar-refractivity contribution in [3.63, 3.8) is 0 Å². The summed E-state index contributed by atoms with van der Waals surface area (Å²) < 4.78 is 28.6. The molecule has 0 unspecified atom stereocenters. The Morgan fingerprint density at radius 3 is 2.13 bits per heavy atom. The van der Waals surface area contributed by atoms with E-state index in [4.69, 9.17) is 9.16 Å². The van der Waals surface area contributed by atoms with Gasteiger partial charge in [0.2, 0.25) is 11.8 Å². The molecule has 4 atom stereocenters. The molecule has 8 heteroatoms. The standard InChI is InChI=1S/C46H50FNO5Si/c1-5-25-48-44(50)37-28-34(29-53-54(46(2,3)4,35-17-11-7-12-18-35)36-19-13-8-14-20-36)42-38(43(37)45(48)51)30-52-41(42)24-22-33(32-15-9-6-10-16-32)26-31-21-23-40(49)39(47)27-31/h6-21,23,26-27,37-38,41,43,49H,5,22,24-25,28-30H2,1-4H3/b33-26-/t37-,38+,41-,43-/m1/s1. The highest BCUT2D eigenvalue weighted by molar-refractivity contribution is 6.99. The first kappa shape index (κ1) is 37.7. The number of carbonyl (C=O) groups is 2. The lowest BCUT2D eigenvalue weighted by Crippen LogP contribution is -2.66. The molecule has 280 valence electrons. The van der Waals surface area contributed by atoms with Gasteiger partial charge in [0.05, 0.1) is 31.2 Å². The highest BCUT2D eigenvalue weighted by atomic mass is 28.4. The number of hydrogen-bond donors (Lipinski definition) is 1. The number of phenols is 1. The van der Waals surface area contributed by atoms with Crippen molar-refractivity contribution in [2.45, 2.75) is 64.5 Å². The van der Waals surface area contributed by atoms with Gasteiger partial charge in [0.25, 0.3) is 8.32 Å². The lowest BCUT2D eigenvalue weighted by Gasteiger charge is -2.44. The maximum absolute atomic E-state index is 14.4. The molecule has 1 aliphatic carbocycles. The molecule has 1 N–H and O–H groups in total. The van der Waals surface area contributed by atoms with Gasteiger partial charge in [-0.05, 0) is 81.1 Å². The predicted octanol–water partition coefficient (Wildman–Crippen LogP) is 8.16. The molecule has 0 saturated carbocycles. The summed E-state index contributed by atoms with van der Waals surface area (Å²) in [5.41, 5.74) is 4.85. The zero-order valence-corrected chi connectivity index (χ0v) is 32.6. The molecule has 2 amide bonds. The van der Waals surface area contributed by atoms with Crippen molar-refractivity contribution in [2.24, 2.45) is 17.8 Å². The number of ether oxygens (including phenoxy) is 1. The second-order valence-electron chi connectivity index (χ2n) is 15.9. The van der Waals surface area contributed by atoms with Crippen LogP contribution in [-0.2, 0) is 18.8 Å². The minimum atomic E-state index is -2.92. The zero-order chi connectivity index (χ0) is 38.0. The van der Waals surface area contributed by atoms with Crippen molar-refractivity contribution in [1.29, 1.82) is 0 Å². The van der Waals surface area contributed by atoms with E-state index in [9.17, 15) is 19.1 Å². The molecule has 2 aliphatic heterocycles. The lowest BCUT2D eigenvalue weighted by atomic mass is 9.69.